The summed E-state index contributed by atoms with van der Waals surface area (Å²) in [6, 6.07) is -0.964. The summed E-state index contributed by atoms with van der Waals surface area (Å²) in [4.78, 5) is 67.5. The minimum absolute atomic E-state index is 0.0570. The van der Waals surface area contributed by atoms with Gasteiger partial charge in [-0.1, -0.05) is 19.0 Å². The summed E-state index contributed by atoms with van der Waals surface area (Å²) in [5.74, 6) is -1.76. The fourth-order valence-electron chi connectivity index (χ4n) is 3.53. The molecule has 0 aliphatic carbocycles. The number of thiazole rings is 1. The van der Waals surface area contributed by atoms with E-state index in [0.29, 0.717) is 25.9 Å². The van der Waals surface area contributed by atoms with Crippen molar-refractivity contribution in [3.05, 3.63) is 11.1 Å². The summed E-state index contributed by atoms with van der Waals surface area (Å²) in [6.45, 7) is 10.2. The van der Waals surface area contributed by atoms with Crippen molar-refractivity contribution in [2.24, 2.45) is 11.1 Å². The van der Waals surface area contributed by atoms with Crippen LogP contribution in [0.5, 0.6) is 0 Å². The van der Waals surface area contributed by atoms with Crippen LogP contribution in [0.25, 0.3) is 0 Å². The SMILES string of the molecule is CC(C)COC(=O)C1(O/N=C(\C(=O)N[C@H]2CONC2=O)c2csc(NC(=O)OC(C)(C)C)n2)CCN(C)CC1. The molecule has 3 heterocycles. The Kier molecular flexibility index (Phi) is 9.85. The third kappa shape index (κ3) is 8.60. The Balaban J connectivity index is 1.88. The monoisotopic (exact) mass is 568 g/mol. The van der Waals surface area contributed by atoms with Gasteiger partial charge in [0.1, 0.15) is 23.9 Å². The van der Waals surface area contributed by atoms with Gasteiger partial charge in [-0.3, -0.25) is 19.7 Å². The van der Waals surface area contributed by atoms with Crippen LogP contribution < -0.4 is 16.1 Å². The van der Waals surface area contributed by atoms with E-state index in [2.05, 4.69) is 26.3 Å². The largest absolute Gasteiger partial charge is 0.462 e. The Morgan fingerprint density at radius 3 is 2.59 bits per heavy atom. The number of anilines is 1. The summed E-state index contributed by atoms with van der Waals surface area (Å²) in [6.07, 6.45) is -0.138. The van der Waals surface area contributed by atoms with Crippen molar-refractivity contribution in [3.63, 3.8) is 0 Å². The number of hydrogen-bond acceptors (Lipinski definition) is 12. The number of hydrogen-bond donors (Lipinski definition) is 3. The highest BCUT2D eigenvalue weighted by atomic mass is 32.1. The van der Waals surface area contributed by atoms with Crippen LogP contribution >= 0.6 is 11.3 Å². The molecule has 2 fully saturated rings. The number of nitrogens with zero attached hydrogens (tertiary/aromatic N) is 3. The van der Waals surface area contributed by atoms with Gasteiger partial charge in [-0.05, 0) is 33.7 Å². The predicted octanol–water partition coefficient (Wildman–Crippen LogP) is 1.42. The lowest BCUT2D eigenvalue weighted by Crippen LogP contribution is -2.51. The summed E-state index contributed by atoms with van der Waals surface area (Å²) in [5, 5.41) is 10.8. The number of piperidine rings is 1. The maximum absolute atomic E-state index is 13.2. The maximum Gasteiger partial charge on any atom is 0.413 e. The number of hydroxylamine groups is 1. The molecule has 1 atom stereocenters. The lowest BCUT2D eigenvalue weighted by atomic mass is 9.91. The second-order valence-electron chi connectivity index (χ2n) is 10.8. The van der Waals surface area contributed by atoms with E-state index in [1.54, 1.807) is 20.8 Å². The zero-order valence-electron chi connectivity index (χ0n) is 23.0. The van der Waals surface area contributed by atoms with Gasteiger partial charge in [0.2, 0.25) is 5.60 Å². The molecule has 1 aromatic rings. The first-order valence-electron chi connectivity index (χ1n) is 12.6. The highest BCUT2D eigenvalue weighted by Gasteiger charge is 2.46. The Labute approximate surface area is 230 Å². The third-order valence-corrected chi connectivity index (χ3v) is 6.40. The van der Waals surface area contributed by atoms with Crippen LogP contribution in [0.15, 0.2) is 10.5 Å². The zero-order valence-corrected chi connectivity index (χ0v) is 23.8. The van der Waals surface area contributed by atoms with Crippen molar-refractivity contribution in [1.29, 1.82) is 0 Å². The number of oxime groups is 1. The van der Waals surface area contributed by atoms with E-state index in [0.717, 1.165) is 11.3 Å². The minimum atomic E-state index is -1.41. The van der Waals surface area contributed by atoms with E-state index in [-0.39, 0.29) is 35.7 Å². The number of carbonyl (C=O) groups excluding carboxylic acids is 4. The normalized spacial score (nSPS) is 19.8. The third-order valence-electron chi connectivity index (χ3n) is 5.64. The van der Waals surface area contributed by atoms with Gasteiger partial charge in [0.15, 0.2) is 10.8 Å². The van der Waals surface area contributed by atoms with Gasteiger partial charge in [0.05, 0.1) is 6.61 Å². The molecule has 39 heavy (non-hydrogen) atoms. The van der Waals surface area contributed by atoms with Gasteiger partial charge < -0.3 is 24.5 Å². The molecule has 3 N–H and O–H groups in total. The summed E-state index contributed by atoms with van der Waals surface area (Å²) in [5.41, 5.74) is -0.202. The molecule has 3 rings (SSSR count). The summed E-state index contributed by atoms with van der Waals surface area (Å²) >= 11 is 1.03. The first-order valence-corrected chi connectivity index (χ1v) is 13.5. The molecule has 2 aliphatic rings. The molecule has 3 amide bonds. The summed E-state index contributed by atoms with van der Waals surface area (Å²) < 4.78 is 10.7. The molecule has 15 heteroatoms. The number of likely N-dealkylation sites (tertiary alicyclic amines) is 1. The van der Waals surface area contributed by atoms with Crippen LogP contribution in [0.3, 0.4) is 0 Å². The number of aromatic nitrogens is 1. The quantitative estimate of drug-likeness (QED) is 0.225. The highest BCUT2D eigenvalue weighted by molar-refractivity contribution is 7.14. The maximum atomic E-state index is 13.2. The number of rotatable bonds is 9. The Hall–Kier alpha value is -3.30. The van der Waals surface area contributed by atoms with E-state index in [4.69, 9.17) is 19.1 Å². The average Bonchev–Trinajstić information content (AvgIpc) is 3.46. The Morgan fingerprint density at radius 2 is 2.00 bits per heavy atom. The Bertz CT molecular complexity index is 1090. The topological polar surface area (TPSA) is 170 Å². The minimum Gasteiger partial charge on any atom is -0.462 e. The van der Waals surface area contributed by atoms with E-state index in [1.165, 1.54) is 5.38 Å². The first-order chi connectivity index (χ1) is 18.3. The van der Waals surface area contributed by atoms with Gasteiger partial charge in [0.25, 0.3) is 11.8 Å². The van der Waals surface area contributed by atoms with Gasteiger partial charge in [-0.15, -0.1) is 11.3 Å². The molecule has 2 saturated heterocycles. The average molecular weight is 569 g/mol. The number of amides is 3. The second kappa shape index (κ2) is 12.7. The van der Waals surface area contributed by atoms with E-state index in [1.807, 2.05) is 25.8 Å². The molecule has 216 valence electrons. The van der Waals surface area contributed by atoms with Crippen LogP contribution in [-0.4, -0.2) is 90.1 Å². The van der Waals surface area contributed by atoms with Crippen molar-refractivity contribution < 1.29 is 38.3 Å². The lowest BCUT2D eigenvalue weighted by molar-refractivity contribution is -0.180. The van der Waals surface area contributed by atoms with Crippen molar-refractivity contribution in [2.75, 3.05) is 38.7 Å². The highest BCUT2D eigenvalue weighted by Crippen LogP contribution is 2.29. The molecular formula is C24H36N6O8S. The van der Waals surface area contributed by atoms with Crippen LogP contribution in [0.1, 0.15) is 53.2 Å². The number of esters is 1. The zero-order chi connectivity index (χ0) is 28.8. The van der Waals surface area contributed by atoms with Crippen molar-refractivity contribution in [3.8, 4) is 0 Å². The van der Waals surface area contributed by atoms with E-state index in [9.17, 15) is 19.2 Å². The fourth-order valence-corrected chi connectivity index (χ4v) is 4.21. The molecule has 14 nitrogen and oxygen atoms in total. The van der Waals surface area contributed by atoms with Gasteiger partial charge in [0, 0.05) is 31.3 Å². The van der Waals surface area contributed by atoms with Gasteiger partial charge in [-0.25, -0.2) is 20.1 Å². The van der Waals surface area contributed by atoms with Crippen molar-refractivity contribution in [1.82, 2.24) is 20.7 Å². The van der Waals surface area contributed by atoms with Crippen LogP contribution in [-0.2, 0) is 33.5 Å². The molecule has 0 spiro atoms. The van der Waals surface area contributed by atoms with Crippen molar-refractivity contribution >= 4 is 46.1 Å². The molecule has 0 bridgehead atoms. The fraction of sp³-hybridized carbons (Fsp3) is 0.667. The number of nitrogens with one attached hydrogen (secondary N) is 3. The van der Waals surface area contributed by atoms with E-state index >= 15 is 0 Å². The van der Waals surface area contributed by atoms with Crippen molar-refractivity contribution in [2.45, 2.75) is 64.7 Å². The van der Waals surface area contributed by atoms with Crippen LogP contribution in [0.2, 0.25) is 0 Å². The van der Waals surface area contributed by atoms with Crippen LogP contribution in [0.4, 0.5) is 9.93 Å². The number of carbonyl (C=O) groups is 4. The Morgan fingerprint density at radius 1 is 1.31 bits per heavy atom. The molecule has 2 aliphatic heterocycles. The molecule has 0 radical (unpaired) electrons. The standard InChI is InChI=1S/C24H36N6O8S/c1-14(2)11-35-20(33)24(7-9-30(6)10-8-24)38-28-17(19(32)25-15-12-36-29-18(15)31)16-13-39-21(26-16)27-22(34)37-23(3,4)5/h13-15H,7-12H2,1-6H3,(H,25,32)(H,29,31)(H,26,27,34)/b28-17-/t15-/m0/s1. The first kappa shape index (κ1) is 30.2. The van der Waals surface area contributed by atoms with E-state index < -0.39 is 41.1 Å². The molecule has 0 unspecified atom stereocenters. The van der Waals surface area contributed by atoms with Gasteiger partial charge >= 0.3 is 12.1 Å². The molecular weight excluding hydrogens is 532 g/mol. The molecule has 0 saturated carbocycles. The van der Waals surface area contributed by atoms with Gasteiger partial charge in [-0.2, -0.15) is 0 Å². The molecule has 0 aromatic carbocycles. The lowest BCUT2D eigenvalue weighted by Gasteiger charge is -2.36. The van der Waals surface area contributed by atoms with Crippen LogP contribution in [0, 0.1) is 5.92 Å². The molecule has 1 aromatic heterocycles. The smallest absolute Gasteiger partial charge is 0.413 e. The summed E-state index contributed by atoms with van der Waals surface area (Å²) in [7, 11) is 1.93. The number of ether oxygens (including phenoxy) is 2. The predicted molar refractivity (Wildman–Crippen MR) is 141 cm³/mol. The second-order valence-corrected chi connectivity index (χ2v) is 11.6.